The predicted molar refractivity (Wildman–Crippen MR) is 77.2 cm³/mol. The first kappa shape index (κ1) is 15.4. The maximum Gasteiger partial charge on any atom is 0.573 e. The van der Waals surface area contributed by atoms with E-state index in [4.69, 9.17) is 4.74 Å². The third kappa shape index (κ3) is 3.57. The number of aromatic nitrogens is 2. The molecular weight excluding hydrogens is 456 g/mol. The minimum absolute atomic E-state index is 0.379. The van der Waals surface area contributed by atoms with Gasteiger partial charge in [0.15, 0.2) is 5.75 Å². The summed E-state index contributed by atoms with van der Waals surface area (Å²) in [5.41, 5.74) is 0.586. The zero-order valence-electron chi connectivity index (χ0n) is 9.91. The van der Waals surface area contributed by atoms with Gasteiger partial charge in [0.2, 0.25) is 0 Å². The molecule has 0 radical (unpaired) electrons. The van der Waals surface area contributed by atoms with Crippen LogP contribution in [0.5, 0.6) is 11.5 Å². The Kier molecular flexibility index (Phi) is 4.47. The third-order valence-corrected chi connectivity index (χ3v) is 3.74. The molecule has 0 fully saturated rings. The van der Waals surface area contributed by atoms with Gasteiger partial charge in [-0.3, -0.25) is 0 Å². The van der Waals surface area contributed by atoms with Crippen LogP contribution in [0.25, 0.3) is 5.69 Å². The van der Waals surface area contributed by atoms with Crippen molar-refractivity contribution in [1.29, 1.82) is 0 Å². The van der Waals surface area contributed by atoms with E-state index in [0.717, 1.165) is 20.4 Å². The predicted octanol–water partition coefficient (Wildman–Crippen LogP) is 4.15. The zero-order valence-corrected chi connectivity index (χ0v) is 13.7. The van der Waals surface area contributed by atoms with Gasteiger partial charge >= 0.3 is 6.36 Å². The molecule has 20 heavy (non-hydrogen) atoms. The molecule has 9 heteroatoms. The molecule has 0 unspecified atom stereocenters. The molecule has 0 aliphatic heterocycles. The maximum atomic E-state index is 12.1. The second-order valence-electron chi connectivity index (χ2n) is 3.61. The molecule has 1 aromatic carbocycles. The van der Waals surface area contributed by atoms with E-state index in [1.54, 1.807) is 12.1 Å². The van der Waals surface area contributed by atoms with Crippen LogP contribution in [0.3, 0.4) is 0 Å². The summed E-state index contributed by atoms with van der Waals surface area (Å²) in [6.45, 7) is 0. The monoisotopic (exact) mass is 462 g/mol. The number of benzene rings is 1. The summed E-state index contributed by atoms with van der Waals surface area (Å²) < 4.78 is 48.1. The highest BCUT2D eigenvalue weighted by Crippen LogP contribution is 2.32. The van der Waals surface area contributed by atoms with E-state index >= 15 is 0 Å². The number of methoxy groups -OCH3 is 1. The Morgan fingerprint density at radius 3 is 2.65 bits per heavy atom. The van der Waals surface area contributed by atoms with Crippen molar-refractivity contribution < 1.29 is 22.6 Å². The molecular formula is C11H7BrF3IN2O2. The van der Waals surface area contributed by atoms with Crippen LogP contribution in [0.1, 0.15) is 0 Å². The van der Waals surface area contributed by atoms with Gasteiger partial charge in [-0.05, 0) is 44.6 Å². The summed E-state index contributed by atoms with van der Waals surface area (Å²) in [4.78, 5) is 0. The second kappa shape index (κ2) is 5.80. The number of alkyl halides is 3. The standard InChI is InChI=1S/C11H7BrF3IN2O2/c1-19-10-3-9(8(16)2-7(10)12)18-5-6(4-17-18)20-11(13,14)15/h2-5H,1H3. The Labute approximate surface area is 134 Å². The Bertz CT molecular complexity index is 631. The van der Waals surface area contributed by atoms with Crippen molar-refractivity contribution in [1.82, 2.24) is 9.78 Å². The van der Waals surface area contributed by atoms with Crippen LogP contribution < -0.4 is 9.47 Å². The van der Waals surface area contributed by atoms with Crippen molar-refractivity contribution in [2.75, 3.05) is 7.11 Å². The number of hydrogen-bond donors (Lipinski definition) is 0. The van der Waals surface area contributed by atoms with Crippen LogP contribution in [-0.2, 0) is 0 Å². The van der Waals surface area contributed by atoms with Crippen LogP contribution in [0.15, 0.2) is 29.0 Å². The first-order valence-electron chi connectivity index (χ1n) is 5.14. The third-order valence-electron chi connectivity index (χ3n) is 2.26. The first-order chi connectivity index (χ1) is 9.30. The van der Waals surface area contributed by atoms with Gasteiger partial charge in [0.25, 0.3) is 0 Å². The van der Waals surface area contributed by atoms with Crippen molar-refractivity contribution >= 4 is 38.5 Å². The van der Waals surface area contributed by atoms with Gasteiger partial charge < -0.3 is 9.47 Å². The van der Waals surface area contributed by atoms with E-state index in [2.05, 4.69) is 48.4 Å². The number of nitrogens with zero attached hydrogens (tertiary/aromatic N) is 2. The molecule has 4 nitrogen and oxygen atoms in total. The highest BCUT2D eigenvalue weighted by Gasteiger charge is 2.31. The molecule has 0 spiro atoms. The fraction of sp³-hybridized carbons (Fsp3) is 0.182. The fourth-order valence-electron chi connectivity index (χ4n) is 1.47. The first-order valence-corrected chi connectivity index (χ1v) is 7.01. The summed E-state index contributed by atoms with van der Waals surface area (Å²) in [7, 11) is 1.50. The van der Waals surface area contributed by atoms with Gasteiger partial charge in [-0.2, -0.15) is 5.10 Å². The molecule has 0 saturated carbocycles. The van der Waals surface area contributed by atoms with Crippen molar-refractivity contribution in [3.63, 3.8) is 0 Å². The lowest BCUT2D eigenvalue weighted by Gasteiger charge is -2.09. The smallest absolute Gasteiger partial charge is 0.495 e. The average molecular weight is 463 g/mol. The minimum atomic E-state index is -4.74. The van der Waals surface area contributed by atoms with Crippen molar-refractivity contribution in [3.8, 4) is 17.2 Å². The van der Waals surface area contributed by atoms with Gasteiger partial charge in [-0.1, -0.05) is 0 Å². The molecule has 0 N–H and O–H groups in total. The largest absolute Gasteiger partial charge is 0.573 e. The fourth-order valence-corrected chi connectivity index (χ4v) is 3.12. The molecule has 2 rings (SSSR count). The molecule has 1 heterocycles. The summed E-state index contributed by atoms with van der Waals surface area (Å²) >= 11 is 5.38. The lowest BCUT2D eigenvalue weighted by Crippen LogP contribution is -2.16. The molecule has 0 amide bonds. The molecule has 1 aromatic heterocycles. The van der Waals surface area contributed by atoms with Gasteiger partial charge in [0.05, 0.1) is 29.7 Å². The number of ether oxygens (including phenoxy) is 2. The lowest BCUT2D eigenvalue weighted by atomic mass is 10.3. The Balaban J connectivity index is 2.37. The van der Waals surface area contributed by atoms with Crippen molar-refractivity contribution in [3.05, 3.63) is 32.6 Å². The van der Waals surface area contributed by atoms with E-state index in [9.17, 15) is 13.2 Å². The van der Waals surface area contributed by atoms with Crippen LogP contribution in [0.2, 0.25) is 0 Å². The highest BCUT2D eigenvalue weighted by molar-refractivity contribution is 14.1. The SMILES string of the molecule is COc1cc(-n2cc(OC(F)(F)F)cn2)c(I)cc1Br. The molecule has 0 saturated heterocycles. The molecule has 0 aliphatic carbocycles. The molecule has 0 bridgehead atoms. The quantitative estimate of drug-likeness (QED) is 0.643. The number of rotatable bonds is 3. The molecule has 0 atom stereocenters. The lowest BCUT2D eigenvalue weighted by molar-refractivity contribution is -0.274. The topological polar surface area (TPSA) is 36.3 Å². The molecule has 2 aromatic rings. The van der Waals surface area contributed by atoms with Crippen LogP contribution in [0, 0.1) is 3.57 Å². The van der Waals surface area contributed by atoms with Gasteiger partial charge in [0.1, 0.15) is 5.75 Å². The average Bonchev–Trinajstić information content (AvgIpc) is 2.75. The van der Waals surface area contributed by atoms with Crippen molar-refractivity contribution in [2.24, 2.45) is 0 Å². The summed E-state index contributed by atoms with van der Waals surface area (Å²) in [6.07, 6.45) is -2.59. The second-order valence-corrected chi connectivity index (χ2v) is 5.62. The maximum absolute atomic E-state index is 12.1. The van der Waals surface area contributed by atoms with Crippen LogP contribution in [-0.4, -0.2) is 23.3 Å². The van der Waals surface area contributed by atoms with Gasteiger partial charge in [-0.25, -0.2) is 4.68 Å². The highest BCUT2D eigenvalue weighted by atomic mass is 127. The summed E-state index contributed by atoms with van der Waals surface area (Å²) in [6, 6.07) is 3.44. The van der Waals surface area contributed by atoms with E-state index in [1.165, 1.54) is 11.8 Å². The zero-order chi connectivity index (χ0) is 14.9. The number of hydrogen-bond acceptors (Lipinski definition) is 3. The van der Waals surface area contributed by atoms with Gasteiger partial charge in [0, 0.05) is 9.64 Å². The van der Waals surface area contributed by atoms with E-state index in [0.29, 0.717) is 11.4 Å². The Morgan fingerprint density at radius 1 is 1.35 bits per heavy atom. The number of halogens is 5. The normalized spacial score (nSPS) is 11.5. The molecule has 0 aliphatic rings. The summed E-state index contributed by atoms with van der Waals surface area (Å²) in [5.74, 6) is 0.171. The Morgan fingerprint density at radius 2 is 2.05 bits per heavy atom. The summed E-state index contributed by atoms with van der Waals surface area (Å²) in [5, 5.41) is 3.85. The Hall–Kier alpha value is -0.970. The minimum Gasteiger partial charge on any atom is -0.495 e. The van der Waals surface area contributed by atoms with E-state index in [1.807, 2.05) is 0 Å². The van der Waals surface area contributed by atoms with E-state index in [-0.39, 0.29) is 5.75 Å². The van der Waals surface area contributed by atoms with Crippen molar-refractivity contribution in [2.45, 2.75) is 6.36 Å². The molecule has 108 valence electrons. The van der Waals surface area contributed by atoms with Crippen LogP contribution >= 0.6 is 38.5 Å². The van der Waals surface area contributed by atoms with Crippen LogP contribution in [0.4, 0.5) is 13.2 Å². The van der Waals surface area contributed by atoms with E-state index < -0.39 is 6.36 Å². The van der Waals surface area contributed by atoms with Gasteiger partial charge in [-0.15, -0.1) is 13.2 Å².